The van der Waals surface area contributed by atoms with E-state index in [0.717, 1.165) is 0 Å². The SMILES string of the molecule is O=Cc1cccnc1-c1c(Cl)ccc(Cl)c1Cl. The molecule has 0 unspecified atom stereocenters. The van der Waals surface area contributed by atoms with Crippen LogP contribution < -0.4 is 0 Å². The quantitative estimate of drug-likeness (QED) is 0.600. The monoisotopic (exact) mass is 285 g/mol. The Bertz CT molecular complexity index is 584. The Kier molecular flexibility index (Phi) is 3.67. The summed E-state index contributed by atoms with van der Waals surface area (Å²) in [5, 5.41) is 1.07. The van der Waals surface area contributed by atoms with E-state index in [9.17, 15) is 4.79 Å². The molecule has 1 aromatic heterocycles. The van der Waals surface area contributed by atoms with E-state index >= 15 is 0 Å². The summed E-state index contributed by atoms with van der Waals surface area (Å²) >= 11 is 18.1. The first-order valence-corrected chi connectivity index (χ1v) is 5.82. The minimum absolute atomic E-state index is 0.293. The summed E-state index contributed by atoms with van der Waals surface area (Å²) in [6.45, 7) is 0. The van der Waals surface area contributed by atoms with Gasteiger partial charge >= 0.3 is 0 Å². The number of aromatic nitrogens is 1. The molecule has 0 aliphatic rings. The third-order valence-corrected chi connectivity index (χ3v) is 3.37. The highest BCUT2D eigenvalue weighted by atomic mass is 35.5. The second-order valence-electron chi connectivity index (χ2n) is 3.28. The average molecular weight is 287 g/mol. The van der Waals surface area contributed by atoms with Gasteiger partial charge < -0.3 is 0 Å². The number of pyridine rings is 1. The van der Waals surface area contributed by atoms with Crippen molar-refractivity contribution < 1.29 is 4.79 Å². The van der Waals surface area contributed by atoms with Crippen LogP contribution in [0.25, 0.3) is 11.3 Å². The van der Waals surface area contributed by atoms with Crippen LogP contribution in [-0.2, 0) is 0 Å². The van der Waals surface area contributed by atoms with Gasteiger partial charge in [-0.1, -0.05) is 34.8 Å². The first-order valence-electron chi connectivity index (χ1n) is 4.69. The maximum Gasteiger partial charge on any atom is 0.152 e. The number of carbonyl (C=O) groups excluding carboxylic acids is 1. The van der Waals surface area contributed by atoms with Crippen molar-refractivity contribution in [3.8, 4) is 11.3 Å². The van der Waals surface area contributed by atoms with Gasteiger partial charge in [0.1, 0.15) is 0 Å². The first kappa shape index (κ1) is 12.4. The minimum Gasteiger partial charge on any atom is -0.298 e. The minimum atomic E-state index is 0.293. The Hall–Kier alpha value is -1.09. The van der Waals surface area contributed by atoms with Gasteiger partial charge in [-0.05, 0) is 24.3 Å². The van der Waals surface area contributed by atoms with Gasteiger partial charge in [-0.25, -0.2) is 0 Å². The van der Waals surface area contributed by atoms with Crippen molar-refractivity contribution in [3.63, 3.8) is 0 Å². The Morgan fingerprint density at radius 3 is 2.47 bits per heavy atom. The summed E-state index contributed by atoms with van der Waals surface area (Å²) in [5.41, 5.74) is 1.32. The van der Waals surface area contributed by atoms with E-state index in [1.54, 1.807) is 30.5 Å². The lowest BCUT2D eigenvalue weighted by Crippen LogP contribution is -1.93. The van der Waals surface area contributed by atoms with Gasteiger partial charge in [-0.3, -0.25) is 9.78 Å². The van der Waals surface area contributed by atoms with Crippen LogP contribution in [0.5, 0.6) is 0 Å². The van der Waals surface area contributed by atoms with E-state index in [1.807, 2.05) is 0 Å². The van der Waals surface area contributed by atoms with E-state index in [2.05, 4.69) is 4.98 Å². The molecule has 0 amide bonds. The molecule has 2 aromatic rings. The van der Waals surface area contributed by atoms with Crippen molar-refractivity contribution in [2.24, 2.45) is 0 Å². The molecule has 0 saturated heterocycles. The van der Waals surface area contributed by atoms with Crippen molar-refractivity contribution >= 4 is 41.1 Å². The van der Waals surface area contributed by atoms with Crippen molar-refractivity contribution in [2.75, 3.05) is 0 Å². The lowest BCUT2D eigenvalue weighted by molar-refractivity contribution is 0.112. The highest BCUT2D eigenvalue weighted by Crippen LogP contribution is 2.38. The molecule has 0 aliphatic carbocycles. The lowest BCUT2D eigenvalue weighted by Gasteiger charge is -2.09. The molecule has 0 spiro atoms. The summed E-state index contributed by atoms with van der Waals surface area (Å²) in [7, 11) is 0. The van der Waals surface area contributed by atoms with Crippen LogP contribution in [0.1, 0.15) is 10.4 Å². The predicted octanol–water partition coefficient (Wildman–Crippen LogP) is 4.52. The molecule has 1 aromatic carbocycles. The first-order chi connectivity index (χ1) is 8.15. The summed E-state index contributed by atoms with van der Waals surface area (Å²) in [6.07, 6.45) is 2.27. The van der Waals surface area contributed by atoms with Gasteiger partial charge in [0.05, 0.1) is 20.8 Å². The fourth-order valence-corrected chi connectivity index (χ4v) is 2.17. The normalized spacial score (nSPS) is 10.3. The van der Waals surface area contributed by atoms with E-state index in [1.165, 1.54) is 0 Å². The summed E-state index contributed by atoms with van der Waals surface area (Å²) in [4.78, 5) is 15.1. The van der Waals surface area contributed by atoms with E-state index in [4.69, 9.17) is 34.8 Å². The zero-order valence-corrected chi connectivity index (χ0v) is 10.7. The Balaban J connectivity index is 2.76. The van der Waals surface area contributed by atoms with Gasteiger partial charge in [-0.2, -0.15) is 0 Å². The van der Waals surface area contributed by atoms with E-state index in [-0.39, 0.29) is 0 Å². The van der Waals surface area contributed by atoms with Crippen molar-refractivity contribution in [3.05, 3.63) is 51.1 Å². The smallest absolute Gasteiger partial charge is 0.152 e. The fraction of sp³-hybridized carbons (Fsp3) is 0. The van der Waals surface area contributed by atoms with Crippen LogP contribution >= 0.6 is 34.8 Å². The maximum absolute atomic E-state index is 10.9. The summed E-state index contributed by atoms with van der Waals surface area (Å²) < 4.78 is 0. The Morgan fingerprint density at radius 1 is 1.06 bits per heavy atom. The standard InChI is InChI=1S/C12H6Cl3NO/c13-8-3-4-9(14)11(15)10(8)12-7(6-17)2-1-5-16-12/h1-6H. The second kappa shape index (κ2) is 5.05. The number of aldehydes is 1. The molecule has 0 fully saturated rings. The zero-order chi connectivity index (χ0) is 12.4. The molecular formula is C12H6Cl3NO. The molecule has 0 aliphatic heterocycles. The third kappa shape index (κ3) is 2.29. The average Bonchev–Trinajstić information content (AvgIpc) is 2.35. The van der Waals surface area contributed by atoms with Crippen LogP contribution in [0.15, 0.2) is 30.5 Å². The van der Waals surface area contributed by atoms with Crippen LogP contribution in [0, 0.1) is 0 Å². The fourth-order valence-electron chi connectivity index (χ4n) is 1.47. The van der Waals surface area contributed by atoms with Gasteiger partial charge in [0.15, 0.2) is 6.29 Å². The number of hydrogen-bond donors (Lipinski definition) is 0. The molecule has 0 saturated carbocycles. The molecule has 0 bridgehead atoms. The molecule has 2 rings (SSSR count). The number of nitrogens with zero attached hydrogens (tertiary/aromatic N) is 1. The number of hydrogen-bond acceptors (Lipinski definition) is 2. The number of rotatable bonds is 2. The third-order valence-electron chi connectivity index (χ3n) is 2.25. The highest BCUT2D eigenvalue weighted by molar-refractivity contribution is 6.46. The lowest BCUT2D eigenvalue weighted by atomic mass is 10.1. The van der Waals surface area contributed by atoms with E-state index in [0.29, 0.717) is 38.2 Å². The van der Waals surface area contributed by atoms with Gasteiger partial charge in [0.25, 0.3) is 0 Å². The van der Waals surface area contributed by atoms with Crippen LogP contribution in [-0.4, -0.2) is 11.3 Å². The number of carbonyl (C=O) groups is 1. The molecule has 1 heterocycles. The molecule has 5 heteroatoms. The van der Waals surface area contributed by atoms with Crippen molar-refractivity contribution in [1.82, 2.24) is 4.98 Å². The Labute approximate surface area is 113 Å². The summed E-state index contributed by atoms with van der Waals surface area (Å²) in [5.74, 6) is 0. The molecule has 0 N–H and O–H groups in total. The second-order valence-corrected chi connectivity index (χ2v) is 4.47. The van der Waals surface area contributed by atoms with Crippen molar-refractivity contribution in [1.29, 1.82) is 0 Å². The van der Waals surface area contributed by atoms with Crippen LogP contribution in [0.3, 0.4) is 0 Å². The Morgan fingerprint density at radius 2 is 1.76 bits per heavy atom. The maximum atomic E-state index is 10.9. The topological polar surface area (TPSA) is 30.0 Å². The van der Waals surface area contributed by atoms with Gasteiger partial charge in [0.2, 0.25) is 0 Å². The molecule has 2 nitrogen and oxygen atoms in total. The number of halogens is 3. The number of benzene rings is 1. The predicted molar refractivity (Wildman–Crippen MR) is 70.1 cm³/mol. The molecule has 0 radical (unpaired) electrons. The van der Waals surface area contributed by atoms with Gasteiger partial charge in [-0.15, -0.1) is 0 Å². The molecule has 0 atom stereocenters. The summed E-state index contributed by atoms with van der Waals surface area (Å²) in [6, 6.07) is 6.52. The van der Waals surface area contributed by atoms with Crippen LogP contribution in [0.2, 0.25) is 15.1 Å². The molecule has 86 valence electrons. The largest absolute Gasteiger partial charge is 0.298 e. The van der Waals surface area contributed by atoms with Gasteiger partial charge in [0, 0.05) is 17.3 Å². The zero-order valence-electron chi connectivity index (χ0n) is 8.45. The molecular weight excluding hydrogens is 280 g/mol. The van der Waals surface area contributed by atoms with Crippen LogP contribution in [0.4, 0.5) is 0 Å². The highest BCUT2D eigenvalue weighted by Gasteiger charge is 2.15. The molecule has 17 heavy (non-hydrogen) atoms. The van der Waals surface area contributed by atoms with Crippen molar-refractivity contribution in [2.45, 2.75) is 0 Å². The van der Waals surface area contributed by atoms with E-state index < -0.39 is 0 Å².